The Morgan fingerprint density at radius 2 is 2.05 bits per heavy atom. The number of aromatic nitrogens is 3. The van der Waals surface area contributed by atoms with Gasteiger partial charge >= 0.3 is 0 Å². The first-order chi connectivity index (χ1) is 10.2. The maximum atomic E-state index is 13.9. The number of nitrogens with one attached hydrogen (secondary N) is 1. The summed E-state index contributed by atoms with van der Waals surface area (Å²) in [6.07, 6.45) is 0. The number of hydrogen-bond acceptors (Lipinski definition) is 3. The van der Waals surface area contributed by atoms with Crippen LogP contribution in [0.5, 0.6) is 0 Å². The van der Waals surface area contributed by atoms with Crippen LogP contribution < -0.4 is 4.90 Å². The highest BCUT2D eigenvalue weighted by molar-refractivity contribution is 7.71. The molecule has 0 spiro atoms. The number of nitrogens with zero attached hydrogens (tertiary/aromatic N) is 3. The van der Waals surface area contributed by atoms with Gasteiger partial charge in [0.25, 0.3) is 0 Å². The lowest BCUT2D eigenvalue weighted by Gasteiger charge is -2.23. The highest BCUT2D eigenvalue weighted by atomic mass is 32.1. The van der Waals surface area contributed by atoms with Crippen molar-refractivity contribution in [1.29, 1.82) is 0 Å². The van der Waals surface area contributed by atoms with Crippen molar-refractivity contribution in [3.05, 3.63) is 34.9 Å². The molecule has 1 saturated heterocycles. The Balaban J connectivity index is 1.92. The van der Waals surface area contributed by atoms with Gasteiger partial charge in [-0.15, -0.1) is 5.10 Å². The molecule has 0 unspecified atom stereocenters. The maximum absolute atomic E-state index is 13.9. The van der Waals surface area contributed by atoms with Gasteiger partial charge in [0.05, 0.1) is 18.8 Å². The van der Waals surface area contributed by atoms with Gasteiger partial charge in [0.2, 0.25) is 4.77 Å². The van der Waals surface area contributed by atoms with Crippen LogP contribution >= 0.6 is 12.2 Å². The van der Waals surface area contributed by atoms with Gasteiger partial charge in [-0.05, 0) is 24.4 Å². The third kappa shape index (κ3) is 2.90. The van der Waals surface area contributed by atoms with E-state index < -0.39 is 0 Å². The van der Waals surface area contributed by atoms with Gasteiger partial charge in [-0.3, -0.25) is 0 Å². The first-order valence-electron chi connectivity index (χ1n) is 6.97. The van der Waals surface area contributed by atoms with Crippen LogP contribution in [-0.2, 0) is 18.5 Å². The molecule has 1 aromatic carbocycles. The predicted octanol–water partition coefficient (Wildman–Crippen LogP) is 0.630. The van der Waals surface area contributed by atoms with Gasteiger partial charge in [0, 0.05) is 7.05 Å². The molecule has 1 aliphatic rings. The molecular formula is C14H18FN4OS+. The molecule has 0 radical (unpaired) electrons. The smallest absolute Gasteiger partial charge is 0.202 e. The van der Waals surface area contributed by atoms with E-state index in [1.54, 1.807) is 27.4 Å². The Morgan fingerprint density at radius 1 is 1.33 bits per heavy atom. The van der Waals surface area contributed by atoms with E-state index in [1.165, 1.54) is 11.0 Å². The average molecular weight is 309 g/mol. The third-order valence-electron chi connectivity index (χ3n) is 3.73. The number of morpholine rings is 1. The van der Waals surface area contributed by atoms with Crippen LogP contribution in [-0.4, -0.2) is 40.7 Å². The fourth-order valence-corrected chi connectivity index (χ4v) is 2.69. The second-order valence-electron chi connectivity index (χ2n) is 5.17. The molecule has 0 aliphatic carbocycles. The molecule has 3 rings (SSSR count). The van der Waals surface area contributed by atoms with Crippen LogP contribution in [0.25, 0.3) is 11.4 Å². The Bertz CT molecular complexity index is 691. The Labute approximate surface area is 127 Å². The molecule has 2 heterocycles. The van der Waals surface area contributed by atoms with Crippen molar-refractivity contribution in [3.63, 3.8) is 0 Å². The molecule has 1 N–H and O–H groups in total. The normalized spacial score (nSPS) is 16.3. The van der Waals surface area contributed by atoms with Crippen LogP contribution in [0.15, 0.2) is 24.3 Å². The quantitative estimate of drug-likeness (QED) is 0.845. The highest BCUT2D eigenvalue weighted by Gasteiger charge is 2.18. The minimum atomic E-state index is -0.286. The summed E-state index contributed by atoms with van der Waals surface area (Å²) in [4.78, 5) is 1.37. The van der Waals surface area contributed by atoms with Gasteiger partial charge in [0.1, 0.15) is 18.9 Å². The van der Waals surface area contributed by atoms with E-state index >= 15 is 0 Å². The monoisotopic (exact) mass is 309 g/mol. The zero-order chi connectivity index (χ0) is 14.8. The lowest BCUT2D eigenvalue weighted by Crippen LogP contribution is -3.13. The summed E-state index contributed by atoms with van der Waals surface area (Å²) in [6.45, 7) is 4.08. The van der Waals surface area contributed by atoms with E-state index in [2.05, 4.69) is 5.10 Å². The zero-order valence-electron chi connectivity index (χ0n) is 11.9. The van der Waals surface area contributed by atoms with Crippen LogP contribution in [0.1, 0.15) is 0 Å². The molecule has 21 heavy (non-hydrogen) atoms. The molecule has 112 valence electrons. The molecule has 2 aromatic rings. The standard InChI is InChI=1S/C14H17FN4OS/c1-17-13(11-4-2-3-5-12(11)15)16-19(14(17)21)10-18-6-8-20-9-7-18/h2-5H,6-10H2,1H3/p+1. The number of halogens is 1. The van der Waals surface area contributed by atoms with E-state index in [4.69, 9.17) is 17.0 Å². The number of quaternary nitrogens is 1. The van der Waals surface area contributed by atoms with E-state index in [-0.39, 0.29) is 5.82 Å². The summed E-state index contributed by atoms with van der Waals surface area (Å²) in [5, 5.41) is 4.51. The number of hydrogen-bond donors (Lipinski definition) is 1. The van der Waals surface area contributed by atoms with Crippen LogP contribution in [0.4, 0.5) is 4.39 Å². The second kappa shape index (κ2) is 6.05. The van der Waals surface area contributed by atoms with E-state index in [1.807, 2.05) is 7.05 Å². The van der Waals surface area contributed by atoms with Crippen LogP contribution in [0, 0.1) is 10.6 Å². The van der Waals surface area contributed by atoms with Gasteiger partial charge in [-0.25, -0.2) is 4.39 Å². The molecule has 0 atom stereocenters. The van der Waals surface area contributed by atoms with Gasteiger partial charge in [0.15, 0.2) is 12.5 Å². The zero-order valence-corrected chi connectivity index (χ0v) is 12.7. The van der Waals surface area contributed by atoms with Crippen molar-refractivity contribution in [2.45, 2.75) is 6.67 Å². The third-order valence-corrected chi connectivity index (χ3v) is 4.21. The average Bonchev–Trinajstić information content (AvgIpc) is 2.77. The SMILES string of the molecule is Cn1c(-c2ccccc2F)nn(C[NH+]2CCOCC2)c1=S. The molecule has 0 amide bonds. The molecule has 5 nitrogen and oxygen atoms in total. The van der Waals surface area contributed by atoms with Gasteiger partial charge in [-0.2, -0.15) is 4.68 Å². The summed E-state index contributed by atoms with van der Waals surface area (Å²) < 4.78 is 23.4. The summed E-state index contributed by atoms with van der Waals surface area (Å²) in [5.74, 6) is 0.275. The lowest BCUT2D eigenvalue weighted by molar-refractivity contribution is -0.930. The summed E-state index contributed by atoms with van der Waals surface area (Å²) >= 11 is 5.42. The minimum absolute atomic E-state index is 0.286. The predicted molar refractivity (Wildman–Crippen MR) is 78.9 cm³/mol. The van der Waals surface area contributed by atoms with Crippen LogP contribution in [0.3, 0.4) is 0 Å². The molecule has 1 aliphatic heterocycles. The van der Waals surface area contributed by atoms with Crippen molar-refractivity contribution in [2.24, 2.45) is 7.05 Å². The fourth-order valence-electron chi connectivity index (χ4n) is 2.50. The molecule has 0 bridgehead atoms. The minimum Gasteiger partial charge on any atom is -0.370 e. The van der Waals surface area contributed by atoms with Crippen molar-refractivity contribution >= 4 is 12.2 Å². The summed E-state index contributed by atoms with van der Waals surface area (Å²) in [7, 11) is 1.82. The summed E-state index contributed by atoms with van der Waals surface area (Å²) in [6, 6.07) is 6.62. The largest absolute Gasteiger partial charge is 0.370 e. The first kappa shape index (κ1) is 14.4. The molecule has 0 saturated carbocycles. The molecule has 7 heteroatoms. The molecule has 1 aromatic heterocycles. The van der Waals surface area contributed by atoms with Crippen molar-refractivity contribution < 1.29 is 14.0 Å². The Hall–Kier alpha value is -1.57. The molecular weight excluding hydrogens is 291 g/mol. The topological polar surface area (TPSA) is 36.4 Å². The van der Waals surface area contributed by atoms with Crippen molar-refractivity contribution in [3.8, 4) is 11.4 Å². The van der Waals surface area contributed by atoms with Crippen molar-refractivity contribution in [1.82, 2.24) is 14.3 Å². The maximum Gasteiger partial charge on any atom is 0.202 e. The number of rotatable bonds is 3. The highest BCUT2D eigenvalue weighted by Crippen LogP contribution is 2.20. The van der Waals surface area contributed by atoms with Crippen LogP contribution in [0.2, 0.25) is 0 Å². The molecule has 1 fully saturated rings. The second-order valence-corrected chi connectivity index (χ2v) is 5.53. The fraction of sp³-hybridized carbons (Fsp3) is 0.429. The van der Waals surface area contributed by atoms with E-state index in [0.717, 1.165) is 26.3 Å². The Morgan fingerprint density at radius 3 is 2.76 bits per heavy atom. The van der Waals surface area contributed by atoms with Gasteiger partial charge in [-0.1, -0.05) is 12.1 Å². The lowest BCUT2D eigenvalue weighted by atomic mass is 10.2. The number of ether oxygens (including phenoxy) is 1. The Kier molecular flexibility index (Phi) is 4.14. The summed E-state index contributed by atoms with van der Waals surface area (Å²) in [5.41, 5.74) is 0.474. The number of benzene rings is 1. The van der Waals surface area contributed by atoms with E-state index in [0.29, 0.717) is 22.8 Å². The van der Waals surface area contributed by atoms with Crippen molar-refractivity contribution in [2.75, 3.05) is 26.3 Å². The van der Waals surface area contributed by atoms with Gasteiger partial charge < -0.3 is 14.2 Å². The first-order valence-corrected chi connectivity index (χ1v) is 7.37. The van der Waals surface area contributed by atoms with E-state index in [9.17, 15) is 4.39 Å².